The summed E-state index contributed by atoms with van der Waals surface area (Å²) in [7, 11) is 0. The molecular weight excluding hydrogens is 348 g/mol. The first-order valence-electron chi connectivity index (χ1n) is 8.44. The van der Waals surface area contributed by atoms with Crippen molar-refractivity contribution in [3.8, 4) is 5.69 Å². The van der Waals surface area contributed by atoms with E-state index in [4.69, 9.17) is 4.98 Å². The van der Waals surface area contributed by atoms with Gasteiger partial charge in [0, 0.05) is 18.8 Å². The molecule has 0 bridgehead atoms. The SMILES string of the molecule is C[C@@H](Sc1nc2ccccc2n1-c1ccccc1)C(=O)N1CCNC1=O. The van der Waals surface area contributed by atoms with E-state index in [1.165, 1.54) is 16.7 Å². The van der Waals surface area contributed by atoms with Crippen LogP contribution < -0.4 is 5.32 Å². The zero-order valence-corrected chi connectivity index (χ0v) is 15.1. The first kappa shape index (κ1) is 16.7. The maximum absolute atomic E-state index is 12.6. The van der Waals surface area contributed by atoms with E-state index in [1.54, 1.807) is 0 Å². The summed E-state index contributed by atoms with van der Waals surface area (Å²) in [6.07, 6.45) is 0. The second-order valence-corrected chi connectivity index (χ2v) is 7.34. The average molecular weight is 366 g/mol. The summed E-state index contributed by atoms with van der Waals surface area (Å²) in [5.41, 5.74) is 2.85. The van der Waals surface area contributed by atoms with E-state index in [0.29, 0.717) is 13.1 Å². The lowest BCUT2D eigenvalue weighted by Gasteiger charge is -2.17. The number of urea groups is 1. The van der Waals surface area contributed by atoms with Crippen LogP contribution in [0.15, 0.2) is 59.8 Å². The van der Waals surface area contributed by atoms with Gasteiger partial charge in [0.2, 0.25) is 5.91 Å². The summed E-state index contributed by atoms with van der Waals surface area (Å²) < 4.78 is 2.05. The zero-order valence-electron chi connectivity index (χ0n) is 14.3. The standard InChI is InChI=1S/C19H18N4O2S/c1-13(17(24)22-12-11-20-18(22)25)26-19-21-15-9-5-6-10-16(15)23(19)14-7-3-2-4-8-14/h2-10,13H,11-12H2,1H3,(H,20,25)/t13-/m1/s1. The number of hydrogen-bond acceptors (Lipinski definition) is 4. The highest BCUT2D eigenvalue weighted by Crippen LogP contribution is 2.31. The van der Waals surface area contributed by atoms with E-state index in [9.17, 15) is 9.59 Å². The van der Waals surface area contributed by atoms with Crippen molar-refractivity contribution in [2.24, 2.45) is 0 Å². The smallest absolute Gasteiger partial charge is 0.324 e. The highest BCUT2D eigenvalue weighted by Gasteiger charge is 2.31. The number of imide groups is 1. The molecule has 0 spiro atoms. The number of amides is 3. The van der Waals surface area contributed by atoms with Crippen LogP contribution in [0.2, 0.25) is 0 Å². The maximum Gasteiger partial charge on any atom is 0.324 e. The Morgan fingerprint density at radius 2 is 1.88 bits per heavy atom. The molecule has 1 aromatic heterocycles. The van der Waals surface area contributed by atoms with Crippen LogP contribution in [-0.2, 0) is 4.79 Å². The third kappa shape index (κ3) is 2.94. The Hall–Kier alpha value is -2.80. The minimum Gasteiger partial charge on any atom is -0.336 e. The third-order valence-corrected chi connectivity index (χ3v) is 5.34. The molecule has 2 aromatic carbocycles. The minimum absolute atomic E-state index is 0.198. The van der Waals surface area contributed by atoms with Crippen LogP contribution in [0.3, 0.4) is 0 Å². The van der Waals surface area contributed by atoms with Crippen molar-refractivity contribution in [2.75, 3.05) is 13.1 Å². The Labute approximate surface area is 155 Å². The van der Waals surface area contributed by atoms with E-state index in [2.05, 4.69) is 5.32 Å². The van der Waals surface area contributed by atoms with Crippen molar-refractivity contribution in [1.29, 1.82) is 0 Å². The van der Waals surface area contributed by atoms with Gasteiger partial charge in [-0.1, -0.05) is 42.1 Å². The second-order valence-electron chi connectivity index (χ2n) is 6.04. The molecule has 2 heterocycles. The van der Waals surface area contributed by atoms with Gasteiger partial charge in [-0.2, -0.15) is 0 Å². The predicted octanol–water partition coefficient (Wildman–Crippen LogP) is 3.06. The molecule has 1 N–H and O–H groups in total. The molecule has 6 nitrogen and oxygen atoms in total. The summed E-state index contributed by atoms with van der Waals surface area (Å²) >= 11 is 1.37. The third-order valence-electron chi connectivity index (χ3n) is 4.30. The first-order chi connectivity index (χ1) is 12.6. The van der Waals surface area contributed by atoms with Gasteiger partial charge in [0.25, 0.3) is 0 Å². The molecule has 4 rings (SSSR count). The van der Waals surface area contributed by atoms with Crippen LogP contribution in [0.4, 0.5) is 4.79 Å². The molecule has 0 radical (unpaired) electrons. The number of fused-ring (bicyclic) bond motifs is 1. The van der Waals surface area contributed by atoms with Crippen molar-refractivity contribution >= 4 is 34.7 Å². The summed E-state index contributed by atoms with van der Waals surface area (Å²) in [5.74, 6) is -0.198. The molecule has 1 aliphatic rings. The van der Waals surface area contributed by atoms with E-state index >= 15 is 0 Å². The number of thioether (sulfide) groups is 1. The van der Waals surface area contributed by atoms with Crippen LogP contribution in [0.1, 0.15) is 6.92 Å². The second kappa shape index (κ2) is 6.84. The largest absolute Gasteiger partial charge is 0.336 e. The fraction of sp³-hybridized carbons (Fsp3) is 0.211. The van der Waals surface area contributed by atoms with Crippen molar-refractivity contribution in [2.45, 2.75) is 17.3 Å². The number of benzene rings is 2. The number of carbonyl (C=O) groups is 2. The number of para-hydroxylation sites is 3. The normalized spacial score (nSPS) is 15.3. The van der Waals surface area contributed by atoms with Crippen molar-refractivity contribution in [1.82, 2.24) is 19.8 Å². The maximum atomic E-state index is 12.6. The Morgan fingerprint density at radius 1 is 1.15 bits per heavy atom. The van der Waals surface area contributed by atoms with Gasteiger partial charge in [0.1, 0.15) is 0 Å². The zero-order chi connectivity index (χ0) is 18.1. The number of imidazole rings is 1. The number of carbonyl (C=O) groups excluding carboxylic acids is 2. The summed E-state index contributed by atoms with van der Waals surface area (Å²) in [6, 6.07) is 17.5. The molecule has 7 heteroatoms. The monoisotopic (exact) mass is 366 g/mol. The Balaban J connectivity index is 1.70. The molecule has 1 saturated heterocycles. The molecule has 1 aliphatic heterocycles. The molecule has 3 aromatic rings. The summed E-state index contributed by atoms with van der Waals surface area (Å²) in [5, 5.41) is 2.98. The topological polar surface area (TPSA) is 67.2 Å². The van der Waals surface area contributed by atoms with E-state index in [1.807, 2.05) is 66.1 Å². The van der Waals surface area contributed by atoms with Gasteiger partial charge < -0.3 is 5.32 Å². The van der Waals surface area contributed by atoms with E-state index in [0.717, 1.165) is 21.9 Å². The van der Waals surface area contributed by atoms with Gasteiger partial charge in [-0.25, -0.2) is 9.78 Å². The average Bonchev–Trinajstić information content (AvgIpc) is 3.24. The molecule has 3 amide bonds. The fourth-order valence-corrected chi connectivity index (χ4v) is 4.02. The van der Waals surface area contributed by atoms with E-state index < -0.39 is 5.25 Å². The molecule has 0 aliphatic carbocycles. The number of aromatic nitrogens is 2. The van der Waals surface area contributed by atoms with E-state index in [-0.39, 0.29) is 11.9 Å². The molecular formula is C19H18N4O2S. The summed E-state index contributed by atoms with van der Waals surface area (Å²) in [4.78, 5) is 30.4. The van der Waals surface area contributed by atoms with Crippen LogP contribution in [0.5, 0.6) is 0 Å². The van der Waals surface area contributed by atoms with Gasteiger partial charge in [-0.05, 0) is 31.2 Å². The lowest BCUT2D eigenvalue weighted by molar-refractivity contribution is -0.126. The van der Waals surface area contributed by atoms with Gasteiger partial charge in [-0.3, -0.25) is 14.3 Å². The number of nitrogens with one attached hydrogen (secondary N) is 1. The number of nitrogens with zero attached hydrogens (tertiary/aromatic N) is 3. The number of hydrogen-bond donors (Lipinski definition) is 1. The van der Waals surface area contributed by atoms with Crippen LogP contribution in [-0.4, -0.2) is 44.7 Å². The van der Waals surface area contributed by atoms with Gasteiger partial charge >= 0.3 is 6.03 Å². The van der Waals surface area contributed by atoms with Crippen molar-refractivity contribution in [3.05, 3.63) is 54.6 Å². The van der Waals surface area contributed by atoms with Gasteiger partial charge in [0.05, 0.1) is 16.3 Å². The van der Waals surface area contributed by atoms with Crippen LogP contribution >= 0.6 is 11.8 Å². The quantitative estimate of drug-likeness (QED) is 0.721. The molecule has 132 valence electrons. The molecule has 0 unspecified atom stereocenters. The number of rotatable bonds is 4. The Morgan fingerprint density at radius 3 is 2.62 bits per heavy atom. The molecule has 0 saturated carbocycles. The first-order valence-corrected chi connectivity index (χ1v) is 9.32. The Kier molecular flexibility index (Phi) is 4.38. The Bertz CT molecular complexity index is 970. The van der Waals surface area contributed by atoms with Crippen molar-refractivity contribution < 1.29 is 9.59 Å². The summed E-state index contributed by atoms with van der Waals surface area (Å²) in [6.45, 7) is 2.73. The van der Waals surface area contributed by atoms with Gasteiger partial charge in [0.15, 0.2) is 5.16 Å². The molecule has 26 heavy (non-hydrogen) atoms. The van der Waals surface area contributed by atoms with Crippen LogP contribution in [0.25, 0.3) is 16.7 Å². The predicted molar refractivity (Wildman–Crippen MR) is 102 cm³/mol. The highest BCUT2D eigenvalue weighted by molar-refractivity contribution is 8.00. The highest BCUT2D eigenvalue weighted by atomic mass is 32.2. The van der Waals surface area contributed by atoms with Crippen LogP contribution in [0, 0.1) is 0 Å². The van der Waals surface area contributed by atoms with Gasteiger partial charge in [-0.15, -0.1) is 0 Å². The lowest BCUT2D eigenvalue weighted by Crippen LogP contribution is -2.39. The lowest BCUT2D eigenvalue weighted by atomic mass is 10.3. The minimum atomic E-state index is -0.418. The molecule has 1 atom stereocenters. The molecule has 1 fully saturated rings. The van der Waals surface area contributed by atoms with Crippen molar-refractivity contribution in [3.63, 3.8) is 0 Å². The fourth-order valence-electron chi connectivity index (χ4n) is 3.02.